The molecule has 0 N–H and O–H groups in total. The molecule has 0 spiro atoms. The van der Waals surface area contributed by atoms with E-state index in [9.17, 15) is 14.4 Å². The fourth-order valence-electron chi connectivity index (χ4n) is 3.03. The maximum atomic E-state index is 12.4. The van der Waals surface area contributed by atoms with Crippen molar-refractivity contribution in [3.8, 4) is 0 Å². The second-order valence-electron chi connectivity index (χ2n) is 6.98. The molecule has 0 aromatic carbocycles. The Morgan fingerprint density at radius 3 is 2.54 bits per heavy atom. The number of carbonyl (C=O) groups is 2. The van der Waals surface area contributed by atoms with Crippen molar-refractivity contribution in [2.75, 3.05) is 0 Å². The van der Waals surface area contributed by atoms with Gasteiger partial charge in [0.1, 0.15) is 0 Å². The van der Waals surface area contributed by atoms with E-state index < -0.39 is 0 Å². The molecule has 1 heterocycles. The predicted molar refractivity (Wildman–Crippen MR) is 95.2 cm³/mol. The minimum atomic E-state index is -0.155. The molecule has 0 saturated heterocycles. The maximum Gasteiger partial charge on any atom is 0.251 e. The van der Waals surface area contributed by atoms with Gasteiger partial charge in [-0.25, -0.2) is 0 Å². The van der Waals surface area contributed by atoms with Crippen molar-refractivity contribution in [3.05, 3.63) is 57.0 Å². The third kappa shape index (κ3) is 4.40. The zero-order valence-electron chi connectivity index (χ0n) is 14.9. The van der Waals surface area contributed by atoms with Crippen molar-refractivity contribution in [1.29, 1.82) is 0 Å². The summed E-state index contributed by atoms with van der Waals surface area (Å²) in [6, 6.07) is 3.10. The van der Waals surface area contributed by atoms with Crippen molar-refractivity contribution in [3.63, 3.8) is 0 Å². The molecular weight excluding hydrogens is 302 g/mol. The van der Waals surface area contributed by atoms with Crippen molar-refractivity contribution < 1.29 is 9.59 Å². The highest BCUT2D eigenvalue weighted by atomic mass is 16.1. The molecule has 24 heavy (non-hydrogen) atoms. The molecule has 4 heteroatoms. The lowest BCUT2D eigenvalue weighted by atomic mass is 9.89. The largest absolute Gasteiger partial charge is 0.315 e. The summed E-state index contributed by atoms with van der Waals surface area (Å²) in [6.07, 6.45) is 4.81. The molecule has 1 aliphatic rings. The van der Waals surface area contributed by atoms with Crippen LogP contribution >= 0.6 is 0 Å². The van der Waals surface area contributed by atoms with Gasteiger partial charge in [-0.2, -0.15) is 0 Å². The fraction of sp³-hybridized carbons (Fsp3) is 0.450. The van der Waals surface area contributed by atoms with Crippen LogP contribution in [0.25, 0.3) is 0 Å². The Morgan fingerprint density at radius 1 is 1.25 bits per heavy atom. The van der Waals surface area contributed by atoms with E-state index in [0.717, 1.165) is 16.7 Å². The van der Waals surface area contributed by atoms with Gasteiger partial charge in [-0.15, -0.1) is 0 Å². The van der Waals surface area contributed by atoms with E-state index in [1.165, 1.54) is 6.07 Å². The first-order valence-corrected chi connectivity index (χ1v) is 8.41. The Labute approximate surface area is 142 Å². The van der Waals surface area contributed by atoms with Gasteiger partial charge in [-0.1, -0.05) is 25.5 Å². The molecule has 128 valence electrons. The first-order valence-electron chi connectivity index (χ1n) is 8.41. The first kappa shape index (κ1) is 18.1. The second kappa shape index (κ2) is 7.56. The summed E-state index contributed by atoms with van der Waals surface area (Å²) in [6.45, 7) is 8.57. The minimum Gasteiger partial charge on any atom is -0.315 e. The van der Waals surface area contributed by atoms with Crippen LogP contribution in [-0.4, -0.2) is 16.1 Å². The summed E-state index contributed by atoms with van der Waals surface area (Å²) in [7, 11) is 0. The number of nitrogens with zero attached hydrogens (tertiary/aromatic N) is 1. The van der Waals surface area contributed by atoms with E-state index >= 15 is 0 Å². The number of hydrogen-bond acceptors (Lipinski definition) is 3. The Morgan fingerprint density at radius 2 is 1.96 bits per heavy atom. The van der Waals surface area contributed by atoms with Crippen LogP contribution in [0.3, 0.4) is 0 Å². The SMILES string of the molecule is CC1=CC(C)=C(CCC(=O)c2ccn(CC(C)C)c(=O)c2)C(=O)C1. The van der Waals surface area contributed by atoms with Gasteiger partial charge >= 0.3 is 0 Å². The molecule has 0 bridgehead atoms. The standard InChI is InChI=1S/C20H25NO3/c1-13(2)12-21-8-7-16(11-20(21)24)18(22)6-5-17-15(4)9-14(3)10-19(17)23/h7-9,11,13H,5-6,10,12H2,1-4H3. The van der Waals surface area contributed by atoms with Crippen LogP contribution in [0.2, 0.25) is 0 Å². The van der Waals surface area contributed by atoms with Crippen LogP contribution in [0, 0.1) is 5.92 Å². The van der Waals surface area contributed by atoms with Gasteiger partial charge in [0.15, 0.2) is 11.6 Å². The van der Waals surface area contributed by atoms with Crippen LogP contribution in [0.5, 0.6) is 0 Å². The number of Topliss-reactive ketones (excluding diaryl/α,β-unsaturated/α-hetero) is 2. The zero-order valence-corrected chi connectivity index (χ0v) is 14.9. The van der Waals surface area contributed by atoms with Gasteiger partial charge in [0.05, 0.1) is 0 Å². The number of rotatable bonds is 6. The normalized spacial score (nSPS) is 15.0. The zero-order chi connectivity index (χ0) is 17.9. The van der Waals surface area contributed by atoms with Gasteiger partial charge < -0.3 is 4.57 Å². The van der Waals surface area contributed by atoms with Crippen LogP contribution in [0.15, 0.2) is 45.9 Å². The third-order valence-corrected chi connectivity index (χ3v) is 4.20. The lowest BCUT2D eigenvalue weighted by Crippen LogP contribution is -2.22. The molecule has 0 unspecified atom stereocenters. The number of carbonyl (C=O) groups excluding carboxylic acids is 2. The molecule has 2 rings (SSSR count). The van der Waals surface area contributed by atoms with Crippen molar-refractivity contribution in [2.45, 2.75) is 53.5 Å². The molecule has 0 saturated carbocycles. The quantitative estimate of drug-likeness (QED) is 0.749. The number of ketones is 2. The van der Waals surface area contributed by atoms with E-state index in [1.54, 1.807) is 16.8 Å². The van der Waals surface area contributed by atoms with E-state index in [2.05, 4.69) is 0 Å². The molecule has 1 aliphatic carbocycles. The Kier molecular flexibility index (Phi) is 5.71. The summed E-state index contributed by atoms with van der Waals surface area (Å²) in [4.78, 5) is 36.5. The lowest BCUT2D eigenvalue weighted by molar-refractivity contribution is -0.115. The van der Waals surface area contributed by atoms with Gasteiger partial charge in [0, 0.05) is 37.2 Å². The van der Waals surface area contributed by atoms with Crippen molar-refractivity contribution >= 4 is 11.6 Å². The number of aromatic nitrogens is 1. The fourth-order valence-corrected chi connectivity index (χ4v) is 3.03. The van der Waals surface area contributed by atoms with Crippen molar-refractivity contribution in [2.24, 2.45) is 5.92 Å². The van der Waals surface area contributed by atoms with Crippen LogP contribution < -0.4 is 5.56 Å². The number of hydrogen-bond donors (Lipinski definition) is 0. The second-order valence-corrected chi connectivity index (χ2v) is 6.98. The van der Waals surface area contributed by atoms with Crippen molar-refractivity contribution in [1.82, 2.24) is 4.57 Å². The molecular formula is C20H25NO3. The third-order valence-electron chi connectivity index (χ3n) is 4.20. The van der Waals surface area contributed by atoms with Gasteiger partial charge in [-0.3, -0.25) is 14.4 Å². The average molecular weight is 327 g/mol. The highest BCUT2D eigenvalue weighted by Crippen LogP contribution is 2.24. The van der Waals surface area contributed by atoms with Crippen LogP contribution in [0.1, 0.15) is 57.3 Å². The van der Waals surface area contributed by atoms with Crippen LogP contribution in [-0.2, 0) is 11.3 Å². The highest BCUT2D eigenvalue weighted by molar-refractivity contribution is 6.01. The Hall–Kier alpha value is -2.23. The molecule has 1 aromatic heterocycles. The molecule has 1 aromatic rings. The van der Waals surface area contributed by atoms with Crippen LogP contribution in [0.4, 0.5) is 0 Å². The topological polar surface area (TPSA) is 56.1 Å². The van der Waals surface area contributed by atoms with Gasteiger partial charge in [0.25, 0.3) is 5.56 Å². The monoisotopic (exact) mass is 327 g/mol. The smallest absolute Gasteiger partial charge is 0.251 e. The first-order chi connectivity index (χ1) is 11.3. The molecule has 0 radical (unpaired) electrons. The summed E-state index contributed by atoms with van der Waals surface area (Å²) in [5.74, 6) is 0.379. The van der Waals surface area contributed by atoms with E-state index in [4.69, 9.17) is 0 Å². The molecule has 0 amide bonds. The molecule has 0 aliphatic heterocycles. The minimum absolute atomic E-state index is 0.0943. The van der Waals surface area contributed by atoms with E-state index in [-0.39, 0.29) is 23.5 Å². The number of allylic oxidation sites excluding steroid dienone is 4. The lowest BCUT2D eigenvalue weighted by Gasteiger charge is -2.15. The van der Waals surface area contributed by atoms with Gasteiger partial charge in [-0.05, 0) is 43.4 Å². The highest BCUT2D eigenvalue weighted by Gasteiger charge is 2.19. The summed E-state index contributed by atoms with van der Waals surface area (Å²) in [5.41, 5.74) is 3.01. The Bertz CT molecular complexity index is 778. The van der Waals surface area contributed by atoms with Gasteiger partial charge in [0.2, 0.25) is 0 Å². The summed E-state index contributed by atoms with van der Waals surface area (Å²) >= 11 is 0. The Balaban J connectivity index is 2.08. The summed E-state index contributed by atoms with van der Waals surface area (Å²) in [5, 5.41) is 0. The van der Waals surface area contributed by atoms with E-state index in [0.29, 0.717) is 30.9 Å². The summed E-state index contributed by atoms with van der Waals surface area (Å²) < 4.78 is 1.62. The predicted octanol–water partition coefficient (Wildman–Crippen LogP) is 3.70. The van der Waals surface area contributed by atoms with E-state index in [1.807, 2.05) is 33.8 Å². The molecule has 4 nitrogen and oxygen atoms in total. The molecule has 0 atom stereocenters. The number of pyridine rings is 1. The maximum absolute atomic E-state index is 12.4. The average Bonchev–Trinajstić information content (AvgIpc) is 2.47. The molecule has 0 fully saturated rings.